The number of hydrogen-bond acceptors (Lipinski definition) is 5. The van der Waals surface area contributed by atoms with Crippen LogP contribution < -0.4 is 11.0 Å². The van der Waals surface area contributed by atoms with E-state index in [9.17, 15) is 14.7 Å². The van der Waals surface area contributed by atoms with Gasteiger partial charge in [0.2, 0.25) is 0 Å². The minimum absolute atomic E-state index is 0.304. The molecular formula is C21H22N4O3. The van der Waals surface area contributed by atoms with Crippen molar-refractivity contribution in [1.82, 2.24) is 15.0 Å². The first kappa shape index (κ1) is 19.3. The van der Waals surface area contributed by atoms with Gasteiger partial charge in [0, 0.05) is 24.3 Å². The van der Waals surface area contributed by atoms with Crippen LogP contribution in [0.25, 0.3) is 10.9 Å². The van der Waals surface area contributed by atoms with Crippen LogP contribution in [0.1, 0.15) is 42.1 Å². The Hall–Kier alpha value is -3.48. The minimum Gasteiger partial charge on any atom is -0.506 e. The Morgan fingerprint density at radius 3 is 2.71 bits per heavy atom. The Morgan fingerprint density at radius 1 is 1.21 bits per heavy atom. The SMILES string of the molecule is CCCCCn1c(=O)c(C(=O)NN=Cc2ccncc2)c(O)c2ccccc21. The van der Waals surface area contributed by atoms with E-state index in [1.54, 1.807) is 53.4 Å². The van der Waals surface area contributed by atoms with E-state index in [2.05, 4.69) is 22.4 Å². The topological polar surface area (TPSA) is 96.6 Å². The summed E-state index contributed by atoms with van der Waals surface area (Å²) in [6, 6.07) is 10.5. The lowest BCUT2D eigenvalue weighted by Crippen LogP contribution is -2.31. The molecule has 0 radical (unpaired) electrons. The van der Waals surface area contributed by atoms with E-state index in [1.165, 1.54) is 6.21 Å². The Kier molecular flexibility index (Phi) is 6.16. The van der Waals surface area contributed by atoms with Gasteiger partial charge < -0.3 is 9.67 Å². The maximum atomic E-state index is 13.0. The van der Waals surface area contributed by atoms with Gasteiger partial charge in [-0.1, -0.05) is 31.9 Å². The molecule has 3 rings (SSSR count). The second-order valence-electron chi connectivity index (χ2n) is 6.38. The number of amides is 1. The van der Waals surface area contributed by atoms with Crippen molar-refractivity contribution in [3.8, 4) is 5.75 Å². The lowest BCUT2D eigenvalue weighted by molar-refractivity contribution is 0.0950. The Morgan fingerprint density at radius 2 is 1.96 bits per heavy atom. The highest BCUT2D eigenvalue weighted by Crippen LogP contribution is 2.26. The van der Waals surface area contributed by atoms with E-state index in [1.807, 2.05) is 0 Å². The molecule has 2 heterocycles. The van der Waals surface area contributed by atoms with Gasteiger partial charge in [-0.3, -0.25) is 14.6 Å². The predicted molar refractivity (Wildman–Crippen MR) is 109 cm³/mol. The number of aromatic hydroxyl groups is 1. The molecule has 7 heteroatoms. The van der Waals surface area contributed by atoms with Gasteiger partial charge in [0.05, 0.1) is 11.7 Å². The molecule has 0 fully saturated rings. The lowest BCUT2D eigenvalue weighted by Gasteiger charge is -2.14. The molecule has 1 aromatic carbocycles. The Balaban J connectivity index is 1.96. The van der Waals surface area contributed by atoms with Crippen LogP contribution in [0.4, 0.5) is 0 Å². The fourth-order valence-electron chi connectivity index (χ4n) is 3.01. The Labute approximate surface area is 162 Å². The van der Waals surface area contributed by atoms with Gasteiger partial charge in [0.1, 0.15) is 11.3 Å². The predicted octanol–water partition coefficient (Wildman–Crippen LogP) is 3.06. The molecule has 3 aromatic rings. The highest BCUT2D eigenvalue weighted by atomic mass is 16.3. The molecule has 28 heavy (non-hydrogen) atoms. The van der Waals surface area contributed by atoms with Gasteiger partial charge in [-0.25, -0.2) is 5.43 Å². The van der Waals surface area contributed by atoms with Crippen molar-refractivity contribution in [3.05, 3.63) is 70.3 Å². The maximum Gasteiger partial charge on any atom is 0.280 e. The molecule has 7 nitrogen and oxygen atoms in total. The fourth-order valence-corrected chi connectivity index (χ4v) is 3.01. The quantitative estimate of drug-likeness (QED) is 0.375. The summed E-state index contributed by atoms with van der Waals surface area (Å²) in [6.45, 7) is 2.56. The molecule has 1 amide bonds. The number of para-hydroxylation sites is 1. The average Bonchev–Trinajstić information content (AvgIpc) is 2.71. The van der Waals surface area contributed by atoms with Crippen molar-refractivity contribution >= 4 is 23.0 Å². The van der Waals surface area contributed by atoms with E-state index in [0.29, 0.717) is 17.4 Å². The number of rotatable bonds is 7. The van der Waals surface area contributed by atoms with E-state index in [4.69, 9.17) is 0 Å². The smallest absolute Gasteiger partial charge is 0.280 e. The van der Waals surface area contributed by atoms with E-state index < -0.39 is 11.5 Å². The molecule has 0 atom stereocenters. The molecule has 0 aliphatic rings. The van der Waals surface area contributed by atoms with Gasteiger partial charge in [-0.05, 0) is 36.2 Å². The van der Waals surface area contributed by atoms with Crippen molar-refractivity contribution in [2.24, 2.45) is 5.10 Å². The summed E-state index contributed by atoms with van der Waals surface area (Å²) in [7, 11) is 0. The largest absolute Gasteiger partial charge is 0.506 e. The molecule has 0 saturated heterocycles. The molecule has 144 valence electrons. The van der Waals surface area contributed by atoms with Crippen LogP contribution in [0.15, 0.2) is 58.7 Å². The molecule has 0 saturated carbocycles. The van der Waals surface area contributed by atoms with Crippen molar-refractivity contribution < 1.29 is 9.90 Å². The lowest BCUT2D eigenvalue weighted by atomic mass is 10.1. The fraction of sp³-hybridized carbons (Fsp3) is 0.238. The summed E-state index contributed by atoms with van der Waals surface area (Å²) in [5.41, 5.74) is 2.85. The number of pyridine rings is 2. The summed E-state index contributed by atoms with van der Waals surface area (Å²) in [6.07, 6.45) is 7.45. The normalized spacial score (nSPS) is 11.2. The van der Waals surface area contributed by atoms with Crippen LogP contribution >= 0.6 is 0 Å². The standard InChI is InChI=1S/C21H22N4O3/c1-2-3-6-13-25-17-8-5-4-7-16(17)19(26)18(21(25)28)20(27)24-23-14-15-9-11-22-12-10-15/h4-5,7-12,14,26H,2-3,6,13H2,1H3,(H,24,27). The van der Waals surface area contributed by atoms with Crippen LogP contribution in [0, 0.1) is 0 Å². The summed E-state index contributed by atoms with van der Waals surface area (Å²) in [5, 5.41) is 14.9. The summed E-state index contributed by atoms with van der Waals surface area (Å²) >= 11 is 0. The molecule has 2 aromatic heterocycles. The number of benzene rings is 1. The van der Waals surface area contributed by atoms with Gasteiger partial charge in [0.25, 0.3) is 11.5 Å². The van der Waals surface area contributed by atoms with Crippen LogP contribution in [0.3, 0.4) is 0 Å². The molecule has 0 unspecified atom stereocenters. The monoisotopic (exact) mass is 378 g/mol. The number of hydrazone groups is 1. The first-order chi connectivity index (χ1) is 13.6. The molecule has 0 aliphatic carbocycles. The van der Waals surface area contributed by atoms with Gasteiger partial charge in [0.15, 0.2) is 0 Å². The minimum atomic E-state index is -0.747. The van der Waals surface area contributed by atoms with Crippen LogP contribution in [0.2, 0.25) is 0 Å². The Bertz CT molecular complexity index is 1060. The van der Waals surface area contributed by atoms with Crippen molar-refractivity contribution in [1.29, 1.82) is 0 Å². The molecule has 0 bridgehead atoms. The average molecular weight is 378 g/mol. The van der Waals surface area contributed by atoms with Crippen molar-refractivity contribution in [3.63, 3.8) is 0 Å². The highest BCUT2D eigenvalue weighted by molar-refractivity contribution is 6.02. The molecular weight excluding hydrogens is 356 g/mol. The number of carbonyl (C=O) groups is 1. The van der Waals surface area contributed by atoms with Crippen LogP contribution in [0.5, 0.6) is 5.75 Å². The number of nitrogens with zero attached hydrogens (tertiary/aromatic N) is 3. The van der Waals surface area contributed by atoms with Crippen molar-refractivity contribution in [2.45, 2.75) is 32.7 Å². The van der Waals surface area contributed by atoms with Crippen LogP contribution in [-0.4, -0.2) is 26.8 Å². The second kappa shape index (κ2) is 8.94. The van der Waals surface area contributed by atoms with Crippen molar-refractivity contribution in [2.75, 3.05) is 0 Å². The zero-order valence-corrected chi connectivity index (χ0v) is 15.6. The molecule has 0 spiro atoms. The number of aryl methyl sites for hydroxylation is 1. The van der Waals surface area contributed by atoms with Gasteiger partial charge in [-0.2, -0.15) is 5.10 Å². The third-order valence-corrected chi connectivity index (χ3v) is 4.44. The maximum absolute atomic E-state index is 13.0. The number of nitrogens with one attached hydrogen (secondary N) is 1. The second-order valence-corrected chi connectivity index (χ2v) is 6.38. The zero-order chi connectivity index (χ0) is 19.9. The third-order valence-electron chi connectivity index (χ3n) is 4.44. The van der Waals surface area contributed by atoms with Gasteiger partial charge >= 0.3 is 0 Å². The number of hydrogen-bond donors (Lipinski definition) is 2. The number of aromatic nitrogens is 2. The summed E-state index contributed by atoms with van der Waals surface area (Å²) in [5.74, 6) is -1.08. The van der Waals surface area contributed by atoms with E-state index in [-0.39, 0.29) is 11.3 Å². The first-order valence-electron chi connectivity index (χ1n) is 9.21. The molecule has 2 N–H and O–H groups in total. The molecule has 0 aliphatic heterocycles. The summed E-state index contributed by atoms with van der Waals surface area (Å²) < 4.78 is 1.55. The number of unbranched alkanes of at least 4 members (excludes halogenated alkanes) is 2. The van der Waals surface area contributed by atoms with Gasteiger partial charge in [-0.15, -0.1) is 0 Å². The van der Waals surface area contributed by atoms with E-state index >= 15 is 0 Å². The first-order valence-corrected chi connectivity index (χ1v) is 9.21. The third kappa shape index (κ3) is 4.09. The number of carbonyl (C=O) groups excluding carboxylic acids is 1. The highest BCUT2D eigenvalue weighted by Gasteiger charge is 2.21. The zero-order valence-electron chi connectivity index (χ0n) is 15.6. The summed E-state index contributed by atoms with van der Waals surface area (Å²) in [4.78, 5) is 29.4. The van der Waals surface area contributed by atoms with Crippen LogP contribution in [-0.2, 0) is 6.54 Å². The number of fused-ring (bicyclic) bond motifs is 1. The van der Waals surface area contributed by atoms with E-state index in [0.717, 1.165) is 24.8 Å².